The van der Waals surface area contributed by atoms with Gasteiger partial charge in [0, 0.05) is 12.1 Å². The molecule has 1 heterocycles. The molecule has 1 N–H and O–H groups in total. The zero-order chi connectivity index (χ0) is 18.7. The number of thioether (sulfide) groups is 1. The van der Waals surface area contributed by atoms with Crippen LogP contribution in [0, 0.1) is 0 Å². The van der Waals surface area contributed by atoms with Gasteiger partial charge in [0.15, 0.2) is 5.16 Å². The molecule has 1 aromatic heterocycles. The highest BCUT2D eigenvalue weighted by atomic mass is 35.5. The minimum absolute atomic E-state index is 0.118. The zero-order valence-corrected chi connectivity index (χ0v) is 16.0. The molecule has 2 aromatic carbocycles. The predicted octanol–water partition coefficient (Wildman–Crippen LogP) is 3.56. The number of hydrogen-bond acceptors (Lipinski definition) is 4. The van der Waals surface area contributed by atoms with E-state index in [4.69, 9.17) is 11.6 Å². The first kappa shape index (κ1) is 18.5. The Kier molecular flexibility index (Phi) is 5.64. The lowest BCUT2D eigenvalue weighted by molar-refractivity contribution is -0.119. The van der Waals surface area contributed by atoms with Gasteiger partial charge in [0.05, 0.1) is 22.7 Å². The number of nitrogens with one attached hydrogen (secondary N) is 1. The summed E-state index contributed by atoms with van der Waals surface area (Å²) in [6, 6.07) is 14.4. The number of aromatic nitrogens is 2. The summed E-state index contributed by atoms with van der Waals surface area (Å²) < 4.78 is 1.48. The minimum Gasteiger partial charge on any atom is -0.349 e. The van der Waals surface area contributed by atoms with E-state index in [1.165, 1.54) is 16.3 Å². The van der Waals surface area contributed by atoms with Gasteiger partial charge in [-0.1, -0.05) is 47.6 Å². The van der Waals surface area contributed by atoms with Crippen LogP contribution in [-0.2, 0) is 11.8 Å². The second-order valence-corrected chi connectivity index (χ2v) is 7.28. The van der Waals surface area contributed by atoms with Crippen LogP contribution >= 0.6 is 23.4 Å². The van der Waals surface area contributed by atoms with Crippen molar-refractivity contribution < 1.29 is 4.79 Å². The zero-order valence-electron chi connectivity index (χ0n) is 14.4. The second kappa shape index (κ2) is 7.93. The Morgan fingerprint density at radius 3 is 2.65 bits per heavy atom. The molecule has 0 aliphatic carbocycles. The lowest BCUT2D eigenvalue weighted by atomic mass is 10.1. The maximum absolute atomic E-state index is 12.4. The fourth-order valence-electron chi connectivity index (χ4n) is 2.57. The van der Waals surface area contributed by atoms with Crippen molar-refractivity contribution in [1.82, 2.24) is 14.9 Å². The first-order valence-corrected chi connectivity index (χ1v) is 9.45. The summed E-state index contributed by atoms with van der Waals surface area (Å²) in [7, 11) is 1.67. The Bertz CT molecular complexity index is 1000. The van der Waals surface area contributed by atoms with Gasteiger partial charge in [-0.15, -0.1) is 0 Å². The summed E-state index contributed by atoms with van der Waals surface area (Å²) >= 11 is 7.13. The molecule has 0 bridgehead atoms. The Labute approximate surface area is 160 Å². The molecule has 5 nitrogen and oxygen atoms in total. The summed E-state index contributed by atoms with van der Waals surface area (Å²) in [4.78, 5) is 29.1. The molecular weight excluding hydrogens is 370 g/mol. The van der Waals surface area contributed by atoms with Crippen molar-refractivity contribution >= 4 is 40.2 Å². The third-order valence-corrected chi connectivity index (χ3v) is 5.30. The van der Waals surface area contributed by atoms with Crippen LogP contribution in [-0.4, -0.2) is 21.2 Å². The molecule has 0 fully saturated rings. The average Bonchev–Trinajstić information content (AvgIpc) is 2.64. The van der Waals surface area contributed by atoms with E-state index in [0.29, 0.717) is 21.1 Å². The number of hydrogen-bond donors (Lipinski definition) is 1. The molecule has 3 aromatic rings. The van der Waals surface area contributed by atoms with E-state index >= 15 is 0 Å². The number of carbonyl (C=O) groups is 1. The number of amides is 1. The van der Waals surface area contributed by atoms with Crippen molar-refractivity contribution in [2.45, 2.75) is 18.1 Å². The molecule has 0 saturated heterocycles. The smallest absolute Gasteiger partial charge is 0.261 e. The Morgan fingerprint density at radius 1 is 1.23 bits per heavy atom. The molecular formula is C19H18ClN3O2S. The highest BCUT2D eigenvalue weighted by Gasteiger charge is 2.13. The van der Waals surface area contributed by atoms with Gasteiger partial charge < -0.3 is 5.32 Å². The van der Waals surface area contributed by atoms with Crippen molar-refractivity contribution in [3.05, 3.63) is 69.5 Å². The third kappa shape index (κ3) is 4.08. The van der Waals surface area contributed by atoms with Gasteiger partial charge >= 0.3 is 0 Å². The number of halogens is 1. The van der Waals surface area contributed by atoms with E-state index in [2.05, 4.69) is 10.3 Å². The topological polar surface area (TPSA) is 64.0 Å². The first-order chi connectivity index (χ1) is 12.5. The summed E-state index contributed by atoms with van der Waals surface area (Å²) in [5.74, 6) is 0.0520. The summed E-state index contributed by atoms with van der Waals surface area (Å²) in [5.41, 5.74) is 1.49. The molecule has 0 aliphatic rings. The van der Waals surface area contributed by atoms with Gasteiger partial charge in [0.1, 0.15) is 0 Å². The molecule has 0 unspecified atom stereocenters. The number of nitrogens with zero attached hydrogens (tertiary/aromatic N) is 2. The second-order valence-electron chi connectivity index (χ2n) is 5.91. The predicted molar refractivity (Wildman–Crippen MR) is 106 cm³/mol. The number of benzene rings is 2. The summed E-state index contributed by atoms with van der Waals surface area (Å²) in [6.07, 6.45) is 0. The van der Waals surface area contributed by atoms with Gasteiger partial charge in [-0.3, -0.25) is 14.2 Å². The highest BCUT2D eigenvalue weighted by Crippen LogP contribution is 2.19. The lowest BCUT2D eigenvalue weighted by Crippen LogP contribution is -2.28. The quantitative estimate of drug-likeness (QED) is 0.537. The van der Waals surface area contributed by atoms with Gasteiger partial charge in [0.25, 0.3) is 5.56 Å². The minimum atomic E-state index is -0.131. The van der Waals surface area contributed by atoms with Gasteiger partial charge in [0.2, 0.25) is 5.91 Å². The highest BCUT2D eigenvalue weighted by molar-refractivity contribution is 7.99. The lowest BCUT2D eigenvalue weighted by Gasteiger charge is -2.14. The van der Waals surface area contributed by atoms with E-state index in [1.54, 1.807) is 31.3 Å². The van der Waals surface area contributed by atoms with Crippen LogP contribution in [0.15, 0.2) is 58.5 Å². The van der Waals surface area contributed by atoms with Crippen molar-refractivity contribution in [3.8, 4) is 0 Å². The van der Waals surface area contributed by atoms with Crippen LogP contribution in [0.1, 0.15) is 18.5 Å². The van der Waals surface area contributed by atoms with Crippen LogP contribution in [0.2, 0.25) is 5.02 Å². The largest absolute Gasteiger partial charge is 0.349 e. The third-order valence-electron chi connectivity index (χ3n) is 4.02. The van der Waals surface area contributed by atoms with Crippen molar-refractivity contribution in [1.29, 1.82) is 0 Å². The number of fused-ring (bicyclic) bond motifs is 1. The maximum atomic E-state index is 12.4. The fraction of sp³-hybridized carbons (Fsp3) is 0.211. The van der Waals surface area contributed by atoms with Gasteiger partial charge in [-0.2, -0.15) is 0 Å². The standard InChI is InChI=1S/C19H18ClN3O2S/c1-12(13-7-9-14(20)10-8-13)21-17(24)11-26-19-22-16-6-4-3-5-15(16)18(25)23(19)2/h3-10,12H,11H2,1-2H3,(H,21,24)/t12-/m0/s1. The van der Waals surface area contributed by atoms with Crippen molar-refractivity contribution in [2.24, 2.45) is 7.05 Å². The molecule has 0 saturated carbocycles. The number of rotatable bonds is 5. The number of para-hydroxylation sites is 1. The Hall–Kier alpha value is -2.31. The molecule has 3 rings (SSSR count). The molecule has 0 aliphatic heterocycles. The summed E-state index contributed by atoms with van der Waals surface area (Å²) in [5, 5.41) is 4.68. The summed E-state index contributed by atoms with van der Waals surface area (Å²) in [6.45, 7) is 1.91. The van der Waals surface area contributed by atoms with E-state index in [0.717, 1.165) is 5.56 Å². The first-order valence-electron chi connectivity index (χ1n) is 8.09. The normalized spacial score (nSPS) is 12.1. The molecule has 0 radical (unpaired) electrons. The molecule has 7 heteroatoms. The maximum Gasteiger partial charge on any atom is 0.261 e. The van der Waals surface area contributed by atoms with Gasteiger partial charge in [-0.25, -0.2) is 4.98 Å². The molecule has 1 atom stereocenters. The van der Waals surface area contributed by atoms with Gasteiger partial charge in [-0.05, 0) is 36.8 Å². The molecule has 134 valence electrons. The fourth-order valence-corrected chi connectivity index (χ4v) is 3.48. The molecule has 1 amide bonds. The average molecular weight is 388 g/mol. The van der Waals surface area contributed by atoms with E-state index in [-0.39, 0.29) is 23.3 Å². The monoisotopic (exact) mass is 387 g/mol. The van der Waals surface area contributed by atoms with Crippen LogP contribution in [0.3, 0.4) is 0 Å². The Morgan fingerprint density at radius 2 is 1.92 bits per heavy atom. The van der Waals surface area contributed by atoms with Crippen LogP contribution in [0.4, 0.5) is 0 Å². The van der Waals surface area contributed by atoms with E-state index in [1.807, 2.05) is 31.2 Å². The van der Waals surface area contributed by atoms with Crippen LogP contribution in [0.5, 0.6) is 0 Å². The van der Waals surface area contributed by atoms with Crippen LogP contribution < -0.4 is 10.9 Å². The number of carbonyl (C=O) groups excluding carboxylic acids is 1. The van der Waals surface area contributed by atoms with Crippen molar-refractivity contribution in [3.63, 3.8) is 0 Å². The van der Waals surface area contributed by atoms with Crippen LogP contribution in [0.25, 0.3) is 10.9 Å². The van der Waals surface area contributed by atoms with E-state index < -0.39 is 0 Å². The Balaban J connectivity index is 1.68. The molecule has 26 heavy (non-hydrogen) atoms. The SMILES string of the molecule is C[C@H](NC(=O)CSc1nc2ccccc2c(=O)n1C)c1ccc(Cl)cc1. The van der Waals surface area contributed by atoms with Crippen molar-refractivity contribution in [2.75, 3.05) is 5.75 Å². The molecule has 0 spiro atoms. The van der Waals surface area contributed by atoms with E-state index in [9.17, 15) is 9.59 Å².